The monoisotopic (exact) mass is 526 g/mol. The Bertz CT molecular complexity index is 905. The van der Waals surface area contributed by atoms with Gasteiger partial charge in [-0.3, -0.25) is 4.79 Å². The van der Waals surface area contributed by atoms with Crippen LogP contribution in [0.4, 0.5) is 0 Å². The van der Waals surface area contributed by atoms with Crippen LogP contribution in [0.1, 0.15) is 90.3 Å². The number of halogens is 1. The molecule has 1 atom stereocenters. The van der Waals surface area contributed by atoms with Gasteiger partial charge in [-0.1, -0.05) is 39.5 Å². The fourth-order valence-electron chi connectivity index (χ4n) is 4.35. The van der Waals surface area contributed by atoms with Gasteiger partial charge >= 0.3 is 5.97 Å². The SMILES string of the molecule is COC(=O)CCCCCC[NH+](C)CCCCCCCCn1c(C)nc2nc(Cl)nc(SC(C)C)c21. The van der Waals surface area contributed by atoms with E-state index in [0.717, 1.165) is 42.2 Å². The highest BCUT2D eigenvalue weighted by atomic mass is 35.5. The number of rotatable bonds is 18. The van der Waals surface area contributed by atoms with Gasteiger partial charge in [0, 0.05) is 18.2 Å². The van der Waals surface area contributed by atoms with Crippen molar-refractivity contribution in [2.45, 2.75) is 108 Å². The van der Waals surface area contributed by atoms with Crippen molar-refractivity contribution in [3.63, 3.8) is 0 Å². The summed E-state index contributed by atoms with van der Waals surface area (Å²) in [5.74, 6) is 0.893. The van der Waals surface area contributed by atoms with Gasteiger partial charge in [-0.2, -0.15) is 4.98 Å². The summed E-state index contributed by atoms with van der Waals surface area (Å²) in [6.45, 7) is 9.79. The topological polar surface area (TPSA) is 74.3 Å². The van der Waals surface area contributed by atoms with Gasteiger partial charge in [0.05, 0.1) is 27.2 Å². The molecule has 1 N–H and O–H groups in total. The summed E-state index contributed by atoms with van der Waals surface area (Å²) in [5, 5.41) is 1.63. The molecule has 2 aromatic rings. The Balaban J connectivity index is 1.59. The largest absolute Gasteiger partial charge is 0.469 e. The molecule has 1 unspecified atom stereocenters. The molecule has 0 fully saturated rings. The summed E-state index contributed by atoms with van der Waals surface area (Å²) in [6, 6.07) is 0. The molecule has 7 nitrogen and oxygen atoms in total. The number of quaternary nitrogens is 1. The first-order chi connectivity index (χ1) is 16.8. The van der Waals surface area contributed by atoms with E-state index in [-0.39, 0.29) is 11.3 Å². The van der Waals surface area contributed by atoms with Crippen molar-refractivity contribution in [2.24, 2.45) is 0 Å². The lowest BCUT2D eigenvalue weighted by Gasteiger charge is -2.14. The molecule has 0 bridgehead atoms. The van der Waals surface area contributed by atoms with E-state index in [1.807, 2.05) is 6.92 Å². The molecule has 0 aromatic carbocycles. The Hall–Kier alpha value is -1.38. The molecule has 0 saturated carbocycles. The quantitative estimate of drug-likeness (QED) is 0.0937. The van der Waals surface area contributed by atoms with Gasteiger partial charge in [0.15, 0.2) is 5.65 Å². The number of aryl methyl sites for hydroxylation is 2. The number of thioether (sulfide) groups is 1. The van der Waals surface area contributed by atoms with Gasteiger partial charge in [-0.05, 0) is 57.0 Å². The Kier molecular flexibility index (Phi) is 14.0. The lowest BCUT2D eigenvalue weighted by atomic mass is 10.1. The summed E-state index contributed by atoms with van der Waals surface area (Å²) in [4.78, 5) is 26.2. The second-order valence-corrected chi connectivity index (χ2v) is 11.7. The van der Waals surface area contributed by atoms with Crippen molar-refractivity contribution in [2.75, 3.05) is 27.2 Å². The molecule has 2 aromatic heterocycles. The first-order valence-corrected chi connectivity index (χ1v) is 14.5. The minimum atomic E-state index is -0.0899. The summed E-state index contributed by atoms with van der Waals surface area (Å²) in [5.41, 5.74) is 1.73. The molecular formula is C26H45ClN5O2S+. The van der Waals surface area contributed by atoms with Gasteiger partial charge in [0.1, 0.15) is 16.4 Å². The van der Waals surface area contributed by atoms with Crippen LogP contribution in [-0.4, -0.2) is 58.0 Å². The minimum Gasteiger partial charge on any atom is -0.469 e. The van der Waals surface area contributed by atoms with Crippen LogP contribution in [0.15, 0.2) is 5.03 Å². The number of esters is 1. The van der Waals surface area contributed by atoms with Gasteiger partial charge in [-0.25, -0.2) is 9.97 Å². The Morgan fingerprint density at radius 3 is 2.20 bits per heavy atom. The van der Waals surface area contributed by atoms with E-state index in [2.05, 4.69) is 45.2 Å². The number of nitrogens with one attached hydrogen (secondary N) is 1. The predicted octanol–water partition coefficient (Wildman–Crippen LogP) is 5.27. The molecule has 35 heavy (non-hydrogen) atoms. The Morgan fingerprint density at radius 2 is 1.57 bits per heavy atom. The maximum Gasteiger partial charge on any atom is 0.305 e. The van der Waals surface area contributed by atoms with Crippen LogP contribution < -0.4 is 4.90 Å². The molecule has 0 saturated heterocycles. The Morgan fingerprint density at radius 1 is 0.971 bits per heavy atom. The number of hydrogen-bond acceptors (Lipinski definition) is 6. The van der Waals surface area contributed by atoms with Gasteiger partial charge in [0.2, 0.25) is 5.28 Å². The van der Waals surface area contributed by atoms with Crippen LogP contribution in [0, 0.1) is 6.92 Å². The summed E-state index contributed by atoms with van der Waals surface area (Å²) >= 11 is 7.85. The predicted molar refractivity (Wildman–Crippen MR) is 145 cm³/mol. The number of methoxy groups -OCH3 is 1. The number of hydrogen-bond donors (Lipinski definition) is 1. The second kappa shape index (κ2) is 16.4. The molecule has 0 spiro atoms. The van der Waals surface area contributed by atoms with Crippen LogP contribution in [-0.2, 0) is 16.1 Å². The van der Waals surface area contributed by atoms with Gasteiger partial charge in [0.25, 0.3) is 0 Å². The lowest BCUT2D eigenvalue weighted by molar-refractivity contribution is -0.880. The molecule has 0 radical (unpaired) electrons. The fourth-order valence-corrected chi connectivity index (χ4v) is 5.46. The molecule has 0 aliphatic rings. The van der Waals surface area contributed by atoms with E-state index in [1.54, 1.807) is 16.7 Å². The first-order valence-electron chi connectivity index (χ1n) is 13.3. The molecule has 198 valence electrons. The van der Waals surface area contributed by atoms with Crippen LogP contribution in [0.3, 0.4) is 0 Å². The molecule has 0 aliphatic heterocycles. The van der Waals surface area contributed by atoms with Crippen LogP contribution in [0.5, 0.6) is 0 Å². The molecule has 0 aliphatic carbocycles. The van der Waals surface area contributed by atoms with Gasteiger partial charge < -0.3 is 14.2 Å². The minimum absolute atomic E-state index is 0.0899. The standard InChI is InChI=1S/C26H44ClN5O2S/c1-20(2)35-25-23-24(29-26(27)30-25)28-21(3)32(23)19-15-10-7-6-9-13-17-31(4)18-14-11-8-12-16-22(33)34-5/h20H,6-19H2,1-5H3/p+1. The fraction of sp³-hybridized carbons (Fsp3) is 0.769. The number of ether oxygens (including phenoxy) is 1. The average molecular weight is 527 g/mol. The number of imidazole rings is 1. The van der Waals surface area contributed by atoms with E-state index in [4.69, 9.17) is 11.6 Å². The van der Waals surface area contributed by atoms with Crippen LogP contribution in [0.2, 0.25) is 5.28 Å². The molecule has 2 rings (SSSR count). The third kappa shape index (κ3) is 11.0. The number of nitrogens with zero attached hydrogens (tertiary/aromatic N) is 4. The van der Waals surface area contributed by atoms with E-state index >= 15 is 0 Å². The summed E-state index contributed by atoms with van der Waals surface area (Å²) in [6.07, 6.45) is 12.6. The number of carbonyl (C=O) groups excluding carboxylic acids is 1. The second-order valence-electron chi connectivity index (χ2n) is 9.77. The van der Waals surface area contributed by atoms with Crippen molar-refractivity contribution >= 4 is 40.5 Å². The zero-order chi connectivity index (χ0) is 25.6. The molecule has 0 amide bonds. The van der Waals surface area contributed by atoms with E-state index in [0.29, 0.717) is 17.3 Å². The van der Waals surface area contributed by atoms with E-state index in [1.165, 1.54) is 65.1 Å². The smallest absolute Gasteiger partial charge is 0.305 e. The normalized spacial score (nSPS) is 12.5. The average Bonchev–Trinajstić information content (AvgIpc) is 3.11. The van der Waals surface area contributed by atoms with E-state index < -0.39 is 0 Å². The first kappa shape index (κ1) is 29.8. The highest BCUT2D eigenvalue weighted by molar-refractivity contribution is 8.00. The van der Waals surface area contributed by atoms with Crippen molar-refractivity contribution in [3.05, 3.63) is 11.1 Å². The number of unbranched alkanes of at least 4 members (excludes halogenated alkanes) is 8. The lowest BCUT2D eigenvalue weighted by Crippen LogP contribution is -3.09. The zero-order valence-corrected chi connectivity index (χ0v) is 23.9. The van der Waals surface area contributed by atoms with Crippen molar-refractivity contribution in [1.82, 2.24) is 19.5 Å². The number of fused-ring (bicyclic) bond motifs is 1. The highest BCUT2D eigenvalue weighted by Gasteiger charge is 2.17. The molecular weight excluding hydrogens is 482 g/mol. The van der Waals surface area contributed by atoms with Crippen molar-refractivity contribution < 1.29 is 14.4 Å². The number of aromatic nitrogens is 4. The molecule has 9 heteroatoms. The zero-order valence-electron chi connectivity index (χ0n) is 22.4. The van der Waals surface area contributed by atoms with Crippen LogP contribution in [0.25, 0.3) is 11.2 Å². The number of carbonyl (C=O) groups is 1. The van der Waals surface area contributed by atoms with E-state index in [9.17, 15) is 4.79 Å². The maximum absolute atomic E-state index is 11.1. The summed E-state index contributed by atoms with van der Waals surface area (Å²) < 4.78 is 6.95. The van der Waals surface area contributed by atoms with Crippen molar-refractivity contribution in [1.29, 1.82) is 0 Å². The third-order valence-electron chi connectivity index (χ3n) is 6.28. The van der Waals surface area contributed by atoms with Gasteiger partial charge in [-0.15, -0.1) is 11.8 Å². The highest BCUT2D eigenvalue weighted by Crippen LogP contribution is 2.30. The van der Waals surface area contributed by atoms with Crippen LogP contribution >= 0.6 is 23.4 Å². The third-order valence-corrected chi connectivity index (χ3v) is 7.43. The van der Waals surface area contributed by atoms with Crippen molar-refractivity contribution in [3.8, 4) is 0 Å². The molecule has 2 heterocycles. The summed E-state index contributed by atoms with van der Waals surface area (Å²) in [7, 11) is 3.76. The Labute approximate surface area is 220 Å². The maximum atomic E-state index is 11.1.